The molecule has 2 atom stereocenters. The number of aromatic nitrogens is 3. The summed E-state index contributed by atoms with van der Waals surface area (Å²) in [6.07, 6.45) is -2.95. The Hall–Kier alpha value is -3.23. The summed E-state index contributed by atoms with van der Waals surface area (Å²) in [5, 5.41) is 12.4. The molecule has 1 amide bonds. The van der Waals surface area contributed by atoms with E-state index in [4.69, 9.17) is 4.74 Å². The van der Waals surface area contributed by atoms with Crippen LogP contribution in [0.4, 0.5) is 35.3 Å². The molecule has 188 valence electrons. The molecule has 0 saturated heterocycles. The van der Waals surface area contributed by atoms with Crippen molar-refractivity contribution in [3.63, 3.8) is 0 Å². The van der Waals surface area contributed by atoms with Crippen LogP contribution in [0.15, 0.2) is 18.2 Å². The van der Waals surface area contributed by atoms with Crippen LogP contribution in [0.3, 0.4) is 0 Å². The van der Waals surface area contributed by atoms with Gasteiger partial charge in [-0.05, 0) is 45.2 Å². The first-order valence-electron chi connectivity index (χ1n) is 10.3. The predicted molar refractivity (Wildman–Crippen MR) is 116 cm³/mol. The quantitative estimate of drug-likeness (QED) is 0.425. The summed E-state index contributed by atoms with van der Waals surface area (Å²) in [4.78, 5) is 15.5. The lowest BCUT2D eigenvalue weighted by Crippen LogP contribution is -2.33. The van der Waals surface area contributed by atoms with E-state index in [1.165, 1.54) is 6.07 Å². The van der Waals surface area contributed by atoms with Gasteiger partial charge in [0.1, 0.15) is 17.6 Å². The van der Waals surface area contributed by atoms with Gasteiger partial charge in [0.25, 0.3) is 0 Å². The lowest BCUT2D eigenvalue weighted by atomic mass is 10.0. The summed E-state index contributed by atoms with van der Waals surface area (Å²) in [5.74, 6) is -0.673. The Morgan fingerprint density at radius 3 is 2.62 bits per heavy atom. The van der Waals surface area contributed by atoms with Gasteiger partial charge in [-0.1, -0.05) is 0 Å². The highest BCUT2D eigenvalue weighted by Crippen LogP contribution is 2.36. The van der Waals surface area contributed by atoms with Gasteiger partial charge in [0.2, 0.25) is 15.9 Å². The van der Waals surface area contributed by atoms with Crippen LogP contribution in [-0.2, 0) is 14.8 Å². The molecule has 11 nitrogen and oxygen atoms in total. The molecule has 0 spiro atoms. The zero-order valence-electron chi connectivity index (χ0n) is 18.6. The summed E-state index contributed by atoms with van der Waals surface area (Å²) in [6.45, 7) is 3.67. The number of anilines is 3. The van der Waals surface area contributed by atoms with Crippen LogP contribution in [-0.4, -0.2) is 54.5 Å². The zero-order valence-corrected chi connectivity index (χ0v) is 19.4. The third-order valence-electron chi connectivity index (χ3n) is 4.73. The molecular weight excluding hydrogens is 481 g/mol. The van der Waals surface area contributed by atoms with E-state index in [-0.39, 0.29) is 29.7 Å². The molecule has 4 N–H and O–H groups in total. The molecule has 2 unspecified atom stereocenters. The zero-order chi connectivity index (χ0) is 25.1. The summed E-state index contributed by atoms with van der Waals surface area (Å²) in [5.41, 5.74) is 0.298. The number of sulfonamides is 1. The molecule has 15 heteroatoms. The number of carbonyl (C=O) groups excluding carboxylic acids is 1. The third-order valence-corrected chi connectivity index (χ3v) is 5.32. The number of amides is 1. The molecule has 1 aliphatic carbocycles. The van der Waals surface area contributed by atoms with Crippen molar-refractivity contribution in [3.05, 3.63) is 23.9 Å². The summed E-state index contributed by atoms with van der Waals surface area (Å²) in [7, 11) is -3.86. The van der Waals surface area contributed by atoms with Crippen LogP contribution < -0.4 is 20.1 Å². The molecule has 2 aromatic heterocycles. The van der Waals surface area contributed by atoms with E-state index in [0.717, 1.165) is 24.4 Å². The van der Waals surface area contributed by atoms with E-state index in [2.05, 4.69) is 30.6 Å². The fourth-order valence-electron chi connectivity index (χ4n) is 3.47. The highest BCUT2D eigenvalue weighted by Gasteiger charge is 2.34. The Labute approximate surface area is 193 Å². The van der Waals surface area contributed by atoms with Gasteiger partial charge in [0, 0.05) is 23.7 Å². The van der Waals surface area contributed by atoms with E-state index < -0.39 is 34.0 Å². The number of rotatable bonds is 8. The Bertz CT molecular complexity index is 1120. The topological polar surface area (TPSA) is 147 Å². The van der Waals surface area contributed by atoms with Crippen molar-refractivity contribution in [1.82, 2.24) is 20.5 Å². The molecule has 0 bridgehead atoms. The van der Waals surface area contributed by atoms with E-state index in [9.17, 15) is 26.4 Å². The van der Waals surface area contributed by atoms with Crippen molar-refractivity contribution in [1.29, 1.82) is 0 Å². The minimum atomic E-state index is -5.08. The number of H-pyrrole nitrogens is 1. The molecule has 1 aliphatic rings. The van der Waals surface area contributed by atoms with Gasteiger partial charge in [-0.15, -0.1) is 13.2 Å². The Morgan fingerprint density at radius 1 is 1.24 bits per heavy atom. The highest BCUT2D eigenvalue weighted by molar-refractivity contribution is 7.92. The molecule has 2 aromatic rings. The Kier molecular flexibility index (Phi) is 7.43. The lowest BCUT2D eigenvalue weighted by Gasteiger charge is -2.14. The number of hydrogen-bond donors (Lipinski definition) is 4. The van der Waals surface area contributed by atoms with Crippen molar-refractivity contribution in [2.75, 3.05) is 16.3 Å². The number of hydrogen-bond acceptors (Lipinski definition) is 8. The van der Waals surface area contributed by atoms with Gasteiger partial charge in [0.15, 0.2) is 5.82 Å². The molecule has 1 fully saturated rings. The third kappa shape index (κ3) is 7.67. The molecule has 2 heterocycles. The number of carbonyl (C=O) groups is 1. The number of nitrogens with one attached hydrogen (secondary N) is 4. The van der Waals surface area contributed by atoms with Crippen molar-refractivity contribution < 1.29 is 35.9 Å². The minimum absolute atomic E-state index is 0.0298. The molecule has 34 heavy (non-hydrogen) atoms. The number of halogens is 3. The van der Waals surface area contributed by atoms with E-state index in [1.807, 2.05) is 18.6 Å². The highest BCUT2D eigenvalue weighted by atomic mass is 32.2. The van der Waals surface area contributed by atoms with Gasteiger partial charge < -0.3 is 20.1 Å². The van der Waals surface area contributed by atoms with Gasteiger partial charge in [-0.25, -0.2) is 13.2 Å². The first-order chi connectivity index (χ1) is 15.8. The van der Waals surface area contributed by atoms with Crippen molar-refractivity contribution in [2.24, 2.45) is 0 Å². The van der Waals surface area contributed by atoms with E-state index >= 15 is 0 Å². The number of pyridine rings is 1. The van der Waals surface area contributed by atoms with E-state index in [0.29, 0.717) is 12.8 Å². The summed E-state index contributed by atoms with van der Waals surface area (Å²) >= 11 is 0. The smallest absolute Gasteiger partial charge is 0.446 e. The average Bonchev–Trinajstić information content (AvgIpc) is 3.30. The Balaban J connectivity index is 1.67. The van der Waals surface area contributed by atoms with Crippen LogP contribution in [0.5, 0.6) is 5.88 Å². The van der Waals surface area contributed by atoms with Crippen LogP contribution >= 0.6 is 0 Å². The maximum Gasteiger partial charge on any atom is 0.574 e. The van der Waals surface area contributed by atoms with Gasteiger partial charge in [-0.3, -0.25) is 9.82 Å². The van der Waals surface area contributed by atoms with Crippen molar-refractivity contribution in [2.45, 2.75) is 57.5 Å². The largest absolute Gasteiger partial charge is 0.574 e. The average molecular weight is 507 g/mol. The SMILES string of the molecule is CC(C)NC(=O)OC1CCC(c2cc(Nc3ccc(NS(C)(=O)=O)c(OC(F)(F)F)n3)n[nH]2)C1. The first kappa shape index (κ1) is 25.4. The van der Waals surface area contributed by atoms with Crippen molar-refractivity contribution in [3.8, 4) is 5.88 Å². The molecular formula is C19H25F3N6O5S. The van der Waals surface area contributed by atoms with Gasteiger partial charge in [0.05, 0.1) is 6.26 Å². The fraction of sp³-hybridized carbons (Fsp3) is 0.526. The van der Waals surface area contributed by atoms with Crippen LogP contribution in [0.25, 0.3) is 0 Å². The Morgan fingerprint density at radius 2 is 1.97 bits per heavy atom. The minimum Gasteiger partial charge on any atom is -0.446 e. The number of nitrogens with zero attached hydrogens (tertiary/aromatic N) is 2. The van der Waals surface area contributed by atoms with Crippen LogP contribution in [0.1, 0.15) is 44.7 Å². The molecule has 0 aliphatic heterocycles. The normalized spacial score (nSPS) is 18.6. The second-order valence-electron chi connectivity index (χ2n) is 8.14. The standard InChI is InChI=1S/C19H25F3N6O5S/c1-10(2)23-18(29)32-12-5-4-11(8-12)14-9-16(27-26-14)24-15-7-6-13(28-34(3,30)31)17(25-15)33-19(20,21)22/h6-7,9-12,28H,4-5,8H2,1-3H3,(H,23,29)(H2,24,25,26,27). The molecule has 0 radical (unpaired) electrons. The van der Waals surface area contributed by atoms with Crippen LogP contribution in [0, 0.1) is 0 Å². The predicted octanol–water partition coefficient (Wildman–Crippen LogP) is 3.59. The lowest BCUT2D eigenvalue weighted by molar-refractivity contribution is -0.275. The van der Waals surface area contributed by atoms with Crippen molar-refractivity contribution >= 4 is 33.4 Å². The molecule has 3 rings (SSSR count). The number of ether oxygens (including phenoxy) is 2. The monoisotopic (exact) mass is 506 g/mol. The molecule has 1 saturated carbocycles. The number of alkyl halides is 3. The second-order valence-corrected chi connectivity index (χ2v) is 9.89. The van der Waals surface area contributed by atoms with Crippen LogP contribution in [0.2, 0.25) is 0 Å². The second kappa shape index (κ2) is 9.95. The summed E-state index contributed by atoms with van der Waals surface area (Å²) in [6, 6.07) is 4.01. The van der Waals surface area contributed by atoms with Gasteiger partial charge >= 0.3 is 12.5 Å². The number of aromatic amines is 1. The number of alkyl carbamates (subject to hydrolysis) is 1. The first-order valence-corrected chi connectivity index (χ1v) is 12.2. The van der Waals surface area contributed by atoms with Gasteiger partial charge in [-0.2, -0.15) is 10.1 Å². The molecule has 0 aromatic carbocycles. The fourth-order valence-corrected chi connectivity index (χ4v) is 4.02. The maximum atomic E-state index is 12.7. The van der Waals surface area contributed by atoms with E-state index in [1.54, 1.807) is 6.07 Å². The summed E-state index contributed by atoms with van der Waals surface area (Å²) < 4.78 is 72.3. The maximum absolute atomic E-state index is 12.7.